The summed E-state index contributed by atoms with van der Waals surface area (Å²) in [5, 5.41) is 11.6. The summed E-state index contributed by atoms with van der Waals surface area (Å²) in [5.41, 5.74) is 6.33. The molecule has 5 nitrogen and oxygen atoms in total. The fourth-order valence-corrected chi connectivity index (χ4v) is 2.90. The van der Waals surface area contributed by atoms with Crippen LogP contribution in [0, 0.1) is 16.0 Å². The highest BCUT2D eigenvalue weighted by Gasteiger charge is 2.30. The summed E-state index contributed by atoms with van der Waals surface area (Å²) in [5.74, 6) is 0.368. The fraction of sp³-hybridized carbons (Fsp3) is 0.538. The Bertz CT molecular complexity index is 481. The van der Waals surface area contributed by atoms with Crippen molar-refractivity contribution in [2.45, 2.75) is 25.8 Å². The second kappa shape index (κ2) is 5.75. The van der Waals surface area contributed by atoms with E-state index in [1.54, 1.807) is 12.1 Å². The molecule has 0 spiro atoms. The van der Waals surface area contributed by atoms with Crippen LogP contribution in [0.1, 0.15) is 19.8 Å². The van der Waals surface area contributed by atoms with Gasteiger partial charge in [0.15, 0.2) is 0 Å². The van der Waals surface area contributed by atoms with Crippen molar-refractivity contribution in [2.75, 3.05) is 18.0 Å². The third kappa shape index (κ3) is 2.82. The lowest BCUT2D eigenvalue weighted by Gasteiger charge is -2.39. The van der Waals surface area contributed by atoms with Crippen LogP contribution in [0.4, 0.5) is 11.4 Å². The normalized spacial score (nSPS) is 23.4. The van der Waals surface area contributed by atoms with Gasteiger partial charge in [-0.1, -0.05) is 17.7 Å². The van der Waals surface area contributed by atoms with Gasteiger partial charge < -0.3 is 10.6 Å². The Balaban J connectivity index is 2.41. The van der Waals surface area contributed by atoms with E-state index in [1.165, 1.54) is 6.07 Å². The van der Waals surface area contributed by atoms with Crippen LogP contribution in [0.5, 0.6) is 0 Å². The first-order valence-corrected chi connectivity index (χ1v) is 6.82. The molecule has 2 N–H and O–H groups in total. The molecular weight excluding hydrogens is 266 g/mol. The first kappa shape index (κ1) is 14.1. The van der Waals surface area contributed by atoms with Crippen molar-refractivity contribution in [1.82, 2.24) is 0 Å². The summed E-state index contributed by atoms with van der Waals surface area (Å²) in [6.45, 7) is 3.39. The standard InChI is InChI=1S/C13H18ClN3O2/c1-9-5-6-10(7-15)8-16(9)13-11(14)3-2-4-12(13)17(18)19/h2-4,9-10H,5-8,15H2,1H3. The summed E-state index contributed by atoms with van der Waals surface area (Å²) >= 11 is 6.19. The predicted octanol–water partition coefficient (Wildman–Crippen LogP) is 2.81. The van der Waals surface area contributed by atoms with E-state index in [0.717, 1.165) is 19.4 Å². The van der Waals surface area contributed by atoms with E-state index in [1.807, 2.05) is 4.90 Å². The van der Waals surface area contributed by atoms with Crippen LogP contribution in [0.15, 0.2) is 18.2 Å². The van der Waals surface area contributed by atoms with Crippen LogP contribution in [-0.2, 0) is 0 Å². The number of rotatable bonds is 3. The molecule has 2 atom stereocenters. The fourth-order valence-electron chi connectivity index (χ4n) is 2.62. The van der Waals surface area contributed by atoms with E-state index in [2.05, 4.69) is 6.92 Å². The summed E-state index contributed by atoms with van der Waals surface area (Å²) in [4.78, 5) is 12.8. The number of hydrogen-bond donors (Lipinski definition) is 1. The Morgan fingerprint density at radius 3 is 2.89 bits per heavy atom. The molecule has 0 aromatic heterocycles. The molecule has 2 rings (SSSR count). The van der Waals surface area contributed by atoms with Gasteiger partial charge in [0.1, 0.15) is 5.69 Å². The summed E-state index contributed by atoms with van der Waals surface area (Å²) in [6, 6.07) is 5.04. The lowest BCUT2D eigenvalue weighted by Crippen LogP contribution is -2.44. The summed E-state index contributed by atoms with van der Waals surface area (Å²) in [6.07, 6.45) is 2.04. The van der Waals surface area contributed by atoms with Gasteiger partial charge in [-0.2, -0.15) is 0 Å². The monoisotopic (exact) mass is 283 g/mol. The Hall–Kier alpha value is -1.33. The second-order valence-corrected chi connectivity index (χ2v) is 5.45. The van der Waals surface area contributed by atoms with E-state index in [0.29, 0.717) is 23.2 Å². The zero-order valence-corrected chi connectivity index (χ0v) is 11.6. The highest BCUT2D eigenvalue weighted by atomic mass is 35.5. The van der Waals surface area contributed by atoms with Crippen molar-refractivity contribution < 1.29 is 4.92 Å². The number of nitro benzene ring substituents is 1. The van der Waals surface area contributed by atoms with Gasteiger partial charge in [0.2, 0.25) is 0 Å². The maximum Gasteiger partial charge on any atom is 0.294 e. The molecule has 1 aliphatic heterocycles. The highest BCUT2D eigenvalue weighted by Crippen LogP contribution is 2.39. The molecule has 1 heterocycles. The Morgan fingerprint density at radius 1 is 1.53 bits per heavy atom. The molecule has 1 aromatic carbocycles. The van der Waals surface area contributed by atoms with Crippen LogP contribution < -0.4 is 10.6 Å². The number of para-hydroxylation sites is 1. The molecular formula is C13H18ClN3O2. The van der Waals surface area contributed by atoms with Crippen molar-refractivity contribution in [3.8, 4) is 0 Å². The minimum absolute atomic E-state index is 0.0667. The molecule has 6 heteroatoms. The van der Waals surface area contributed by atoms with Crippen LogP contribution in [0.3, 0.4) is 0 Å². The van der Waals surface area contributed by atoms with E-state index in [9.17, 15) is 10.1 Å². The van der Waals surface area contributed by atoms with Crippen LogP contribution in [0.2, 0.25) is 5.02 Å². The zero-order chi connectivity index (χ0) is 14.0. The van der Waals surface area contributed by atoms with E-state index >= 15 is 0 Å². The topological polar surface area (TPSA) is 72.4 Å². The minimum Gasteiger partial charge on any atom is -0.362 e. The molecule has 0 radical (unpaired) electrons. The quantitative estimate of drug-likeness (QED) is 0.684. The van der Waals surface area contributed by atoms with Gasteiger partial charge in [-0.05, 0) is 38.3 Å². The average Bonchev–Trinajstić information content (AvgIpc) is 2.39. The number of nitrogens with two attached hydrogens (primary N) is 1. The number of benzene rings is 1. The average molecular weight is 284 g/mol. The smallest absolute Gasteiger partial charge is 0.294 e. The van der Waals surface area contributed by atoms with E-state index < -0.39 is 0 Å². The molecule has 0 aliphatic carbocycles. The SMILES string of the molecule is CC1CCC(CN)CN1c1c(Cl)cccc1[N+](=O)[O-]. The molecule has 1 aliphatic rings. The highest BCUT2D eigenvalue weighted by molar-refractivity contribution is 6.33. The molecule has 2 unspecified atom stereocenters. The van der Waals surface area contributed by atoms with Gasteiger partial charge in [0.25, 0.3) is 5.69 Å². The Morgan fingerprint density at radius 2 is 2.26 bits per heavy atom. The van der Waals surface area contributed by atoms with Gasteiger partial charge in [0, 0.05) is 18.7 Å². The number of piperidine rings is 1. The Kier molecular flexibility index (Phi) is 4.27. The molecule has 0 saturated carbocycles. The Labute approximate surface area is 117 Å². The zero-order valence-electron chi connectivity index (χ0n) is 10.9. The summed E-state index contributed by atoms with van der Waals surface area (Å²) in [7, 11) is 0. The number of anilines is 1. The van der Waals surface area contributed by atoms with E-state index in [-0.39, 0.29) is 16.7 Å². The molecule has 1 saturated heterocycles. The van der Waals surface area contributed by atoms with Crippen molar-refractivity contribution in [1.29, 1.82) is 0 Å². The first-order valence-electron chi connectivity index (χ1n) is 6.44. The maximum atomic E-state index is 11.2. The third-order valence-corrected chi connectivity index (χ3v) is 4.07. The van der Waals surface area contributed by atoms with Gasteiger partial charge in [-0.25, -0.2) is 0 Å². The largest absolute Gasteiger partial charge is 0.362 e. The maximum absolute atomic E-state index is 11.2. The van der Waals surface area contributed by atoms with Crippen LogP contribution in [-0.4, -0.2) is 24.1 Å². The van der Waals surface area contributed by atoms with Crippen LogP contribution in [0.25, 0.3) is 0 Å². The lowest BCUT2D eigenvalue weighted by molar-refractivity contribution is -0.384. The molecule has 19 heavy (non-hydrogen) atoms. The molecule has 0 amide bonds. The number of nitro groups is 1. The number of hydrogen-bond acceptors (Lipinski definition) is 4. The molecule has 1 aromatic rings. The lowest BCUT2D eigenvalue weighted by atomic mass is 9.93. The van der Waals surface area contributed by atoms with Gasteiger partial charge in [-0.15, -0.1) is 0 Å². The van der Waals surface area contributed by atoms with Gasteiger partial charge in [-0.3, -0.25) is 10.1 Å². The number of nitrogens with zero attached hydrogens (tertiary/aromatic N) is 2. The van der Waals surface area contributed by atoms with Crippen molar-refractivity contribution in [2.24, 2.45) is 11.7 Å². The van der Waals surface area contributed by atoms with Crippen molar-refractivity contribution in [3.63, 3.8) is 0 Å². The van der Waals surface area contributed by atoms with E-state index in [4.69, 9.17) is 17.3 Å². The molecule has 104 valence electrons. The van der Waals surface area contributed by atoms with Gasteiger partial charge >= 0.3 is 0 Å². The second-order valence-electron chi connectivity index (χ2n) is 5.05. The van der Waals surface area contributed by atoms with Crippen LogP contribution >= 0.6 is 11.6 Å². The van der Waals surface area contributed by atoms with Crippen molar-refractivity contribution in [3.05, 3.63) is 33.3 Å². The van der Waals surface area contributed by atoms with Crippen molar-refractivity contribution >= 4 is 23.0 Å². The predicted molar refractivity (Wildman–Crippen MR) is 76.7 cm³/mol. The molecule has 1 fully saturated rings. The first-order chi connectivity index (χ1) is 9.04. The molecule has 0 bridgehead atoms. The third-order valence-electron chi connectivity index (χ3n) is 3.76. The van der Waals surface area contributed by atoms with Gasteiger partial charge in [0.05, 0.1) is 9.95 Å². The minimum atomic E-state index is -0.375. The summed E-state index contributed by atoms with van der Waals surface area (Å²) < 4.78 is 0. The number of halogens is 1.